The second-order valence-corrected chi connectivity index (χ2v) is 11.5. The Bertz CT molecular complexity index is 1420. The van der Waals surface area contributed by atoms with Gasteiger partial charge in [0.25, 0.3) is 5.91 Å². The summed E-state index contributed by atoms with van der Waals surface area (Å²) in [7, 11) is 0. The van der Waals surface area contributed by atoms with Crippen LogP contribution in [0.3, 0.4) is 0 Å². The lowest BCUT2D eigenvalue weighted by Crippen LogP contribution is -2.39. The van der Waals surface area contributed by atoms with Crippen molar-refractivity contribution >= 4 is 17.6 Å². The molecule has 3 aromatic rings. The summed E-state index contributed by atoms with van der Waals surface area (Å²) in [6.07, 6.45) is 4.51. The molecule has 0 unspecified atom stereocenters. The maximum Gasteiger partial charge on any atom is 0.272 e. The number of nitrogens with two attached hydrogens (primary N) is 1. The lowest BCUT2D eigenvalue weighted by molar-refractivity contribution is -0.134. The number of fused-ring (bicyclic) bond motifs is 1. The standard InChI is InChI=1S/C26H29F4N7O3/c27-25(28)6-3-14(4-7-25)19(21-22(23(31)39)36-40-35-21)17-12-37-8-5-16(32-24(37)33-17)20(15-1-2-15)34-18(38)9-13-10-26(29,30)11-13/h5,8,12-15,19-20H,1-4,6-7,9-11H2,(H2,31,39)(H,34,38)/t19-,20+/m0/s1. The summed E-state index contributed by atoms with van der Waals surface area (Å²) in [5.41, 5.74) is 6.50. The highest BCUT2D eigenvalue weighted by molar-refractivity contribution is 5.91. The minimum atomic E-state index is -2.76. The number of hydrogen-bond acceptors (Lipinski definition) is 7. The molecule has 0 aliphatic heterocycles. The van der Waals surface area contributed by atoms with Crippen LogP contribution in [0.5, 0.6) is 0 Å². The first-order chi connectivity index (χ1) is 19.0. The third kappa shape index (κ3) is 5.39. The fraction of sp³-hybridized carbons (Fsp3) is 0.615. The van der Waals surface area contributed by atoms with Crippen molar-refractivity contribution in [2.24, 2.45) is 23.5 Å². The third-order valence-electron chi connectivity index (χ3n) is 8.34. The van der Waals surface area contributed by atoms with Gasteiger partial charge in [-0.1, -0.05) is 5.16 Å². The molecule has 0 saturated heterocycles. The number of nitrogens with one attached hydrogen (secondary N) is 1. The van der Waals surface area contributed by atoms with Gasteiger partial charge in [-0.2, -0.15) is 0 Å². The first kappa shape index (κ1) is 26.6. The molecular weight excluding hydrogens is 534 g/mol. The van der Waals surface area contributed by atoms with Gasteiger partial charge in [-0.25, -0.2) is 32.2 Å². The molecule has 14 heteroatoms. The van der Waals surface area contributed by atoms with E-state index in [4.69, 9.17) is 10.4 Å². The van der Waals surface area contributed by atoms with Gasteiger partial charge in [0.1, 0.15) is 5.69 Å². The van der Waals surface area contributed by atoms with Crippen LogP contribution in [0.25, 0.3) is 5.78 Å². The first-order valence-electron chi connectivity index (χ1n) is 13.5. The van der Waals surface area contributed by atoms with Crippen molar-refractivity contribution in [2.75, 3.05) is 0 Å². The zero-order chi connectivity index (χ0) is 28.2. The molecule has 0 spiro atoms. The highest BCUT2D eigenvalue weighted by atomic mass is 19.3. The number of aromatic nitrogens is 5. The summed E-state index contributed by atoms with van der Waals surface area (Å²) in [4.78, 5) is 34.0. The highest BCUT2D eigenvalue weighted by Crippen LogP contribution is 2.46. The number of hydrogen-bond donors (Lipinski definition) is 2. The number of primary amides is 1. The van der Waals surface area contributed by atoms with Crippen molar-refractivity contribution in [3.63, 3.8) is 0 Å². The van der Waals surface area contributed by atoms with E-state index in [9.17, 15) is 27.2 Å². The monoisotopic (exact) mass is 563 g/mol. The SMILES string of the molecule is NC(=O)c1nonc1[C@H](c1cn2ccc([C@H](NC(=O)CC3CC(F)(F)C3)C3CC3)nc2n1)C1CCC(F)(F)CC1. The Kier molecular flexibility index (Phi) is 6.53. The normalized spacial score (nSPS) is 22.5. The van der Waals surface area contributed by atoms with Crippen LogP contribution in [0.4, 0.5) is 17.6 Å². The lowest BCUT2D eigenvalue weighted by atomic mass is 9.75. The topological polar surface area (TPSA) is 141 Å². The fourth-order valence-corrected chi connectivity index (χ4v) is 6.08. The van der Waals surface area contributed by atoms with Crippen molar-refractivity contribution in [2.45, 2.75) is 81.6 Å². The van der Waals surface area contributed by atoms with Gasteiger partial charge in [-0.05, 0) is 54.7 Å². The number of rotatable bonds is 9. The van der Waals surface area contributed by atoms with Gasteiger partial charge in [-0.3, -0.25) is 14.0 Å². The van der Waals surface area contributed by atoms with Crippen LogP contribution < -0.4 is 11.1 Å². The summed E-state index contributed by atoms with van der Waals surface area (Å²) in [6, 6.07) is 1.39. The Balaban J connectivity index is 1.27. The molecule has 0 radical (unpaired) electrons. The van der Waals surface area contributed by atoms with Crippen LogP contribution in [0.2, 0.25) is 0 Å². The maximum atomic E-state index is 14.0. The van der Waals surface area contributed by atoms with Crippen molar-refractivity contribution < 1.29 is 31.8 Å². The van der Waals surface area contributed by atoms with E-state index < -0.39 is 23.7 Å². The molecule has 3 aliphatic carbocycles. The second-order valence-electron chi connectivity index (χ2n) is 11.5. The van der Waals surface area contributed by atoms with Gasteiger partial charge < -0.3 is 11.1 Å². The maximum absolute atomic E-state index is 14.0. The number of alkyl halides is 4. The van der Waals surface area contributed by atoms with Gasteiger partial charge in [-0.15, -0.1) is 0 Å². The minimum absolute atomic E-state index is 0.0463. The van der Waals surface area contributed by atoms with E-state index in [1.165, 1.54) is 0 Å². The zero-order valence-electron chi connectivity index (χ0n) is 21.5. The second kappa shape index (κ2) is 9.81. The van der Waals surface area contributed by atoms with Crippen LogP contribution in [-0.4, -0.2) is 48.3 Å². The number of amides is 2. The molecule has 3 aromatic heterocycles. The molecule has 3 N–H and O–H groups in total. The predicted molar refractivity (Wildman–Crippen MR) is 130 cm³/mol. The molecule has 0 bridgehead atoms. The van der Waals surface area contributed by atoms with E-state index in [1.807, 2.05) is 0 Å². The van der Waals surface area contributed by atoms with E-state index in [-0.39, 0.29) is 86.0 Å². The number of nitrogens with zero attached hydrogens (tertiary/aromatic N) is 5. The summed E-state index contributed by atoms with van der Waals surface area (Å²) in [5, 5.41) is 10.5. The zero-order valence-corrected chi connectivity index (χ0v) is 21.5. The van der Waals surface area contributed by atoms with Gasteiger partial charge in [0, 0.05) is 44.5 Å². The quantitative estimate of drug-likeness (QED) is 0.372. The van der Waals surface area contributed by atoms with Crippen molar-refractivity contribution in [3.8, 4) is 0 Å². The molecule has 0 aromatic carbocycles. The Hall–Kier alpha value is -3.58. The fourth-order valence-electron chi connectivity index (χ4n) is 6.08. The molecule has 2 amide bonds. The molecule has 10 nitrogen and oxygen atoms in total. The third-order valence-corrected chi connectivity index (χ3v) is 8.34. The average molecular weight is 564 g/mol. The molecule has 3 fully saturated rings. The Morgan fingerprint density at radius 2 is 1.73 bits per heavy atom. The minimum Gasteiger partial charge on any atom is -0.364 e. The van der Waals surface area contributed by atoms with Gasteiger partial charge >= 0.3 is 0 Å². The van der Waals surface area contributed by atoms with Crippen molar-refractivity contribution in [1.82, 2.24) is 30.0 Å². The molecule has 3 aliphatic rings. The Morgan fingerprint density at radius 3 is 2.38 bits per heavy atom. The van der Waals surface area contributed by atoms with E-state index in [1.54, 1.807) is 22.9 Å². The Morgan fingerprint density at radius 1 is 1.02 bits per heavy atom. The van der Waals surface area contributed by atoms with Gasteiger partial charge in [0.2, 0.25) is 23.5 Å². The Labute approximate surface area is 226 Å². The van der Waals surface area contributed by atoms with Crippen molar-refractivity contribution in [1.29, 1.82) is 0 Å². The van der Waals surface area contributed by atoms with E-state index in [0.717, 1.165) is 12.8 Å². The van der Waals surface area contributed by atoms with Crippen molar-refractivity contribution in [3.05, 3.63) is 41.2 Å². The molecule has 6 rings (SSSR count). The van der Waals surface area contributed by atoms with Crippen LogP contribution in [0.1, 0.15) is 97.3 Å². The predicted octanol–water partition coefficient (Wildman–Crippen LogP) is 4.17. The molecule has 3 saturated carbocycles. The van der Waals surface area contributed by atoms with E-state index in [2.05, 4.69) is 25.6 Å². The van der Waals surface area contributed by atoms with Crippen LogP contribution in [0.15, 0.2) is 23.1 Å². The van der Waals surface area contributed by atoms with Crippen LogP contribution >= 0.6 is 0 Å². The largest absolute Gasteiger partial charge is 0.364 e. The van der Waals surface area contributed by atoms with E-state index in [0.29, 0.717) is 17.2 Å². The van der Waals surface area contributed by atoms with E-state index >= 15 is 0 Å². The summed E-state index contributed by atoms with van der Waals surface area (Å²) in [6.45, 7) is 0. The lowest BCUT2D eigenvalue weighted by Gasteiger charge is -2.34. The van der Waals surface area contributed by atoms with Crippen LogP contribution in [-0.2, 0) is 4.79 Å². The molecule has 2 atom stereocenters. The summed E-state index contributed by atoms with van der Waals surface area (Å²) in [5.74, 6) is -7.37. The smallest absolute Gasteiger partial charge is 0.272 e. The molecule has 40 heavy (non-hydrogen) atoms. The molecular formula is C26H29F4N7O3. The first-order valence-corrected chi connectivity index (χ1v) is 13.5. The van der Waals surface area contributed by atoms with Gasteiger partial charge in [0.15, 0.2) is 5.69 Å². The average Bonchev–Trinajstić information content (AvgIpc) is 3.43. The number of imidazole rings is 1. The number of halogens is 4. The number of carbonyl (C=O) groups is 2. The summed E-state index contributed by atoms with van der Waals surface area (Å²) >= 11 is 0. The molecule has 214 valence electrons. The van der Waals surface area contributed by atoms with Crippen LogP contribution in [0, 0.1) is 17.8 Å². The summed E-state index contributed by atoms with van der Waals surface area (Å²) < 4.78 is 60.8. The number of carbonyl (C=O) groups excluding carboxylic acids is 2. The van der Waals surface area contributed by atoms with Gasteiger partial charge in [0.05, 0.1) is 23.3 Å². The molecule has 3 heterocycles. The highest BCUT2D eigenvalue weighted by Gasteiger charge is 2.46.